The number of oxazole rings is 4. The standard InChI is InChI=1S/C28H42N2O4.C24H34N2O4.C19H25NO3.C19H23NO3/c1-18(2)25(27(31)34-28(5,6)7)29-16-21-9-8-10-23(15-21)32-17-24-20(4)33-26(30-24)22-13-11-19(3)12-14-22;1-15(2)22(24(27)28)25-13-18-6-5-7-20(12-18)29-14-21-17(4)30-23(26-21)19-10-8-16(3)9-11-19;2*1-13-6-8-16(9-7-13)19-20-18(14(2)23-19)12-22-17-5-3-4-15(10-17)11-21/h11-14,18,21,23,25,29H,8-10,15-17H2,1-7H3;8-11,15,18,20,22,25H,5-7,12-14H2,1-4H3,(H,27,28);6-9,15,17,21H,3-5,10-12H2,1-2H3;6-9,11,15,17H,3-5,10,12H2,1-2H3/t21?,23?,25-;18?,20?,22-;;/m00../s1. The summed E-state index contributed by atoms with van der Waals surface area (Å²) >= 11 is 0. The zero-order valence-corrected chi connectivity index (χ0v) is 68.1. The van der Waals surface area contributed by atoms with E-state index in [1.54, 1.807) is 0 Å². The Morgan fingerprint density at radius 3 is 1.03 bits per heavy atom. The lowest BCUT2D eigenvalue weighted by molar-refractivity contribution is -0.158. The summed E-state index contributed by atoms with van der Waals surface area (Å²) in [7, 11) is 0. The first-order valence-corrected chi connectivity index (χ1v) is 40.2. The van der Waals surface area contributed by atoms with Crippen LogP contribution in [0.1, 0.15) is 219 Å². The van der Waals surface area contributed by atoms with Crippen LogP contribution in [0.2, 0.25) is 0 Å². The predicted octanol–water partition coefficient (Wildman–Crippen LogP) is 19.0. The quantitative estimate of drug-likeness (QED) is 0.0262. The molecule has 4 N–H and O–H groups in total. The van der Waals surface area contributed by atoms with Gasteiger partial charge in [-0.25, -0.2) is 19.9 Å². The molecule has 4 saturated carbocycles. The number of hydrogen-bond donors (Lipinski definition) is 4. The van der Waals surface area contributed by atoms with Gasteiger partial charge in [0, 0.05) is 34.8 Å². The van der Waals surface area contributed by atoms with E-state index in [1.165, 1.54) is 22.3 Å². The van der Waals surface area contributed by atoms with E-state index in [-0.39, 0.29) is 60.8 Å². The van der Waals surface area contributed by atoms with Gasteiger partial charge in [0.25, 0.3) is 0 Å². The molecule has 0 spiro atoms. The number of aryl methyl sites for hydroxylation is 8. The van der Waals surface area contributed by atoms with Crippen LogP contribution in [0.4, 0.5) is 0 Å². The van der Waals surface area contributed by atoms with Gasteiger partial charge in [-0.05, 0) is 244 Å². The van der Waals surface area contributed by atoms with E-state index in [0.717, 1.165) is 190 Å². The van der Waals surface area contributed by atoms with Crippen molar-refractivity contribution in [2.24, 2.45) is 35.5 Å². The highest BCUT2D eigenvalue weighted by atomic mass is 16.6. The van der Waals surface area contributed by atoms with E-state index in [4.69, 9.17) is 41.4 Å². The number of nitrogens with zero attached hydrogens (tertiary/aromatic N) is 4. The van der Waals surface area contributed by atoms with Crippen molar-refractivity contribution in [1.82, 2.24) is 30.6 Å². The van der Waals surface area contributed by atoms with E-state index in [0.29, 0.717) is 67.7 Å². The number of nitrogens with one attached hydrogen (secondary N) is 2. The molecule has 0 amide bonds. The number of carbonyl (C=O) groups is 3. The van der Waals surface area contributed by atoms with Crippen LogP contribution in [0.3, 0.4) is 0 Å². The fraction of sp³-hybridized carbons (Fsp3) is 0.567. The molecule has 0 aliphatic heterocycles. The van der Waals surface area contributed by atoms with Crippen molar-refractivity contribution >= 4 is 18.2 Å². The summed E-state index contributed by atoms with van der Waals surface area (Å²) in [5.74, 6) is 6.50. The smallest absolute Gasteiger partial charge is 0.323 e. The van der Waals surface area contributed by atoms with Gasteiger partial charge in [0.05, 0.1) is 50.8 Å². The number of aliphatic hydroxyl groups excluding tert-OH is 1. The molecule has 4 heterocycles. The molecular weight excluding hydrogens is 1390 g/mol. The van der Waals surface area contributed by atoms with Gasteiger partial charge in [0.15, 0.2) is 0 Å². The number of benzene rings is 4. The normalized spacial score (nSPS) is 20.7. The number of aldehydes is 1. The summed E-state index contributed by atoms with van der Waals surface area (Å²) in [6, 6.07) is 31.8. The molecule has 4 aliphatic carbocycles. The Morgan fingerprint density at radius 2 is 0.736 bits per heavy atom. The number of aromatic nitrogens is 4. The van der Waals surface area contributed by atoms with Crippen molar-refractivity contribution < 1.29 is 65.9 Å². The molecule has 8 aromatic rings. The minimum atomic E-state index is -0.778. The van der Waals surface area contributed by atoms with Gasteiger partial charge >= 0.3 is 11.9 Å². The van der Waals surface area contributed by atoms with Crippen LogP contribution in [0.25, 0.3) is 45.8 Å². The summed E-state index contributed by atoms with van der Waals surface area (Å²) in [5.41, 5.74) is 11.7. The number of carboxylic acid groups (broad SMARTS) is 1. The lowest BCUT2D eigenvalue weighted by Crippen LogP contribution is -2.46. The van der Waals surface area contributed by atoms with E-state index < -0.39 is 17.6 Å². The number of rotatable bonds is 28. The summed E-state index contributed by atoms with van der Waals surface area (Å²) in [4.78, 5) is 53.4. The second-order valence-electron chi connectivity index (χ2n) is 32.8. The van der Waals surface area contributed by atoms with Crippen LogP contribution in [-0.2, 0) is 64.5 Å². The van der Waals surface area contributed by atoms with Crippen LogP contribution in [-0.4, -0.2) is 110 Å². The van der Waals surface area contributed by atoms with Gasteiger partial charge < -0.3 is 67.0 Å². The second-order valence-corrected chi connectivity index (χ2v) is 32.8. The molecule has 4 aromatic carbocycles. The molecule has 598 valence electrons. The first-order valence-electron chi connectivity index (χ1n) is 40.2. The average Bonchev–Trinajstić information content (AvgIpc) is 1.70. The predicted molar refractivity (Wildman–Crippen MR) is 428 cm³/mol. The van der Waals surface area contributed by atoms with Gasteiger partial charge in [0.2, 0.25) is 23.6 Å². The molecule has 4 aliphatic rings. The number of ether oxygens (including phenoxy) is 5. The Bertz CT molecular complexity index is 4090. The Balaban J connectivity index is 0.000000171. The number of esters is 1. The fourth-order valence-corrected chi connectivity index (χ4v) is 14.6. The molecule has 20 nitrogen and oxygen atoms in total. The maximum absolute atomic E-state index is 12.6. The molecule has 4 aromatic heterocycles. The second kappa shape index (κ2) is 42.1. The van der Waals surface area contributed by atoms with E-state index in [2.05, 4.69) is 109 Å². The largest absolute Gasteiger partial charge is 0.480 e. The third-order valence-corrected chi connectivity index (χ3v) is 21.4. The van der Waals surface area contributed by atoms with Crippen molar-refractivity contribution in [2.45, 2.75) is 275 Å². The highest BCUT2D eigenvalue weighted by molar-refractivity contribution is 5.76. The van der Waals surface area contributed by atoms with Gasteiger partial charge in [0.1, 0.15) is 69.8 Å². The highest BCUT2D eigenvalue weighted by Crippen LogP contribution is 2.34. The van der Waals surface area contributed by atoms with E-state index in [9.17, 15) is 24.6 Å². The summed E-state index contributed by atoms with van der Waals surface area (Å²) in [6.45, 7) is 33.3. The maximum Gasteiger partial charge on any atom is 0.323 e. The molecule has 110 heavy (non-hydrogen) atoms. The molecule has 0 saturated heterocycles. The first kappa shape index (κ1) is 86.0. The van der Waals surface area contributed by atoms with Gasteiger partial charge in [-0.3, -0.25) is 9.59 Å². The third kappa shape index (κ3) is 26.9. The number of hydrogen-bond acceptors (Lipinski definition) is 19. The first-order chi connectivity index (χ1) is 52.6. The summed E-state index contributed by atoms with van der Waals surface area (Å²) < 4.78 is 53.4. The number of aliphatic carboxylic acids is 1. The van der Waals surface area contributed by atoms with Crippen molar-refractivity contribution in [3.8, 4) is 45.8 Å². The van der Waals surface area contributed by atoms with Crippen LogP contribution >= 0.6 is 0 Å². The molecule has 0 bridgehead atoms. The zero-order valence-electron chi connectivity index (χ0n) is 68.1. The lowest BCUT2D eigenvalue weighted by Gasteiger charge is -2.32. The van der Waals surface area contributed by atoms with Gasteiger partial charge in [-0.2, -0.15) is 0 Å². The van der Waals surface area contributed by atoms with Crippen LogP contribution in [0.15, 0.2) is 115 Å². The Hall–Kier alpha value is -7.95. The van der Waals surface area contributed by atoms with Crippen molar-refractivity contribution in [3.05, 3.63) is 165 Å². The van der Waals surface area contributed by atoms with Crippen LogP contribution < -0.4 is 10.6 Å². The molecule has 12 rings (SSSR count). The summed E-state index contributed by atoms with van der Waals surface area (Å²) in [6.07, 6.45) is 18.4. The average molecular weight is 1510 g/mol. The SMILES string of the molecule is Cc1ccc(-c2nc(COC3CCCC(C=O)C3)c(C)o2)cc1.Cc1ccc(-c2nc(COC3CCCC(CN[C@H](C(=O)O)C(C)C)C3)c(C)o2)cc1.Cc1ccc(-c2nc(COC3CCCC(CN[C@H](C(=O)OC(C)(C)C)C(C)C)C3)c(C)o2)cc1.Cc1ccc(-c2nc(COC3CCCC(CO)C3)c(C)o2)cc1. The number of aliphatic hydroxyl groups is 1. The van der Waals surface area contributed by atoms with E-state index >= 15 is 0 Å². The Labute approximate surface area is 652 Å². The highest BCUT2D eigenvalue weighted by Gasteiger charge is 2.32. The molecule has 0 radical (unpaired) electrons. The van der Waals surface area contributed by atoms with Crippen LogP contribution in [0.5, 0.6) is 0 Å². The fourth-order valence-electron chi connectivity index (χ4n) is 14.6. The topological polar surface area (TPSA) is 266 Å². The third-order valence-electron chi connectivity index (χ3n) is 21.4. The number of carbonyl (C=O) groups excluding carboxylic acids is 2. The molecule has 20 heteroatoms. The Morgan fingerprint density at radius 1 is 0.445 bits per heavy atom. The Kier molecular flexibility index (Phi) is 32.9. The molecule has 8 unspecified atom stereocenters. The maximum atomic E-state index is 12.6. The van der Waals surface area contributed by atoms with E-state index in [1.807, 2.05) is 123 Å². The summed E-state index contributed by atoms with van der Waals surface area (Å²) in [5, 5.41) is 25.4. The zero-order chi connectivity index (χ0) is 79.0. The molecular formula is C90H124N6O14. The molecule has 10 atom stereocenters. The van der Waals surface area contributed by atoms with Crippen LogP contribution in [0, 0.1) is 90.9 Å². The monoisotopic (exact) mass is 1510 g/mol. The van der Waals surface area contributed by atoms with Crippen molar-refractivity contribution in [1.29, 1.82) is 0 Å². The minimum absolute atomic E-state index is 0.0657. The van der Waals surface area contributed by atoms with Crippen molar-refractivity contribution in [3.63, 3.8) is 0 Å². The van der Waals surface area contributed by atoms with Gasteiger partial charge in [-0.1, -0.05) is 124 Å². The van der Waals surface area contributed by atoms with Gasteiger partial charge in [-0.15, -0.1) is 0 Å². The molecule has 4 fully saturated rings. The number of carboxylic acids is 1. The minimum Gasteiger partial charge on any atom is -0.480 e. The van der Waals surface area contributed by atoms with Crippen molar-refractivity contribution in [2.75, 3.05) is 19.7 Å². The lowest BCUT2D eigenvalue weighted by atomic mass is 9.86.